The fraction of sp³-hybridized carbons (Fsp3) is 0.294. The van der Waals surface area contributed by atoms with Crippen molar-refractivity contribution in [2.24, 2.45) is 0 Å². The van der Waals surface area contributed by atoms with Gasteiger partial charge in [-0.2, -0.15) is 0 Å². The van der Waals surface area contributed by atoms with Crippen molar-refractivity contribution in [3.8, 4) is 17.2 Å². The third-order valence-corrected chi connectivity index (χ3v) is 3.61. The summed E-state index contributed by atoms with van der Waals surface area (Å²) in [4.78, 5) is 0. The highest BCUT2D eigenvalue weighted by molar-refractivity contribution is 5.64. The van der Waals surface area contributed by atoms with Gasteiger partial charge in [0.1, 0.15) is 24.8 Å². The Bertz CT molecular complexity index is 675. The van der Waals surface area contributed by atoms with Crippen molar-refractivity contribution in [1.82, 2.24) is 0 Å². The summed E-state index contributed by atoms with van der Waals surface area (Å²) in [5, 5.41) is 3.28. The van der Waals surface area contributed by atoms with E-state index >= 15 is 0 Å². The number of nitrogens with one attached hydrogen (secondary N) is 1. The highest BCUT2D eigenvalue weighted by atomic mass is 19.1. The van der Waals surface area contributed by atoms with Crippen LogP contribution in [0.4, 0.5) is 10.1 Å². The lowest BCUT2D eigenvalue weighted by molar-refractivity contribution is 0.172. The van der Waals surface area contributed by atoms with Gasteiger partial charge in [0.05, 0.1) is 18.8 Å². The predicted octanol–water partition coefficient (Wildman–Crippen LogP) is 3.78. The molecule has 5 heteroatoms. The Labute approximate surface area is 128 Å². The number of hydrogen-bond acceptors (Lipinski definition) is 4. The molecule has 3 rings (SSSR count). The summed E-state index contributed by atoms with van der Waals surface area (Å²) in [7, 11) is 1.52. The molecule has 1 unspecified atom stereocenters. The topological polar surface area (TPSA) is 39.7 Å². The first-order chi connectivity index (χ1) is 10.7. The largest absolute Gasteiger partial charge is 0.497 e. The van der Waals surface area contributed by atoms with Crippen molar-refractivity contribution < 1.29 is 18.6 Å². The van der Waals surface area contributed by atoms with Crippen LogP contribution in [0.5, 0.6) is 17.2 Å². The van der Waals surface area contributed by atoms with E-state index in [2.05, 4.69) is 5.32 Å². The van der Waals surface area contributed by atoms with Crippen molar-refractivity contribution >= 4 is 5.69 Å². The average molecular weight is 303 g/mol. The Hall–Kier alpha value is -2.43. The molecule has 0 radical (unpaired) electrons. The average Bonchev–Trinajstić information content (AvgIpc) is 2.55. The van der Waals surface area contributed by atoms with Crippen molar-refractivity contribution in [2.75, 3.05) is 25.6 Å². The van der Waals surface area contributed by atoms with E-state index in [4.69, 9.17) is 14.2 Å². The van der Waals surface area contributed by atoms with E-state index in [-0.39, 0.29) is 11.9 Å². The molecule has 2 aromatic carbocycles. The number of rotatable bonds is 4. The SMILES string of the molecule is COc1ccc(C(C)Nc2cccc3c2OCCO3)c(F)c1. The molecule has 0 saturated heterocycles. The summed E-state index contributed by atoms with van der Waals surface area (Å²) in [6.45, 7) is 2.95. The molecule has 2 aromatic rings. The number of para-hydroxylation sites is 1. The van der Waals surface area contributed by atoms with Gasteiger partial charge in [-0.1, -0.05) is 12.1 Å². The first kappa shape index (κ1) is 14.5. The molecule has 4 nitrogen and oxygen atoms in total. The quantitative estimate of drug-likeness (QED) is 0.933. The summed E-state index contributed by atoms with van der Waals surface area (Å²) in [6, 6.07) is 10.3. The van der Waals surface area contributed by atoms with E-state index in [1.54, 1.807) is 12.1 Å². The third-order valence-electron chi connectivity index (χ3n) is 3.61. The van der Waals surface area contributed by atoms with E-state index in [0.717, 1.165) is 5.69 Å². The number of methoxy groups -OCH3 is 1. The Morgan fingerprint density at radius 2 is 2.00 bits per heavy atom. The number of hydrogen-bond donors (Lipinski definition) is 1. The minimum absolute atomic E-state index is 0.220. The van der Waals surface area contributed by atoms with E-state index < -0.39 is 0 Å². The summed E-state index contributed by atoms with van der Waals surface area (Å²) in [6.07, 6.45) is 0. The van der Waals surface area contributed by atoms with Crippen LogP contribution >= 0.6 is 0 Å². The van der Waals surface area contributed by atoms with E-state index in [1.165, 1.54) is 13.2 Å². The third kappa shape index (κ3) is 2.79. The molecule has 0 aromatic heterocycles. The minimum Gasteiger partial charge on any atom is -0.497 e. The predicted molar refractivity (Wildman–Crippen MR) is 82.4 cm³/mol. The summed E-state index contributed by atoms with van der Waals surface area (Å²) in [5.74, 6) is 1.58. The first-order valence-electron chi connectivity index (χ1n) is 7.17. The van der Waals surface area contributed by atoms with Crippen molar-refractivity contribution in [3.05, 3.63) is 47.8 Å². The number of ether oxygens (including phenoxy) is 3. The molecule has 1 heterocycles. The van der Waals surface area contributed by atoms with Crippen LogP contribution in [0.15, 0.2) is 36.4 Å². The molecule has 1 aliphatic rings. The molecule has 0 aliphatic carbocycles. The number of anilines is 1. The second kappa shape index (κ2) is 6.13. The van der Waals surface area contributed by atoms with Gasteiger partial charge in [0.15, 0.2) is 11.5 Å². The highest BCUT2D eigenvalue weighted by Gasteiger charge is 2.18. The van der Waals surface area contributed by atoms with E-state index in [1.807, 2.05) is 25.1 Å². The lowest BCUT2D eigenvalue weighted by Gasteiger charge is -2.24. The number of benzene rings is 2. The fourth-order valence-electron chi connectivity index (χ4n) is 2.48. The molecule has 0 spiro atoms. The maximum Gasteiger partial charge on any atom is 0.184 e. The van der Waals surface area contributed by atoms with Crippen LogP contribution in [-0.2, 0) is 0 Å². The van der Waals surface area contributed by atoms with Crippen LogP contribution in [0.1, 0.15) is 18.5 Å². The Balaban J connectivity index is 1.84. The monoisotopic (exact) mass is 303 g/mol. The number of halogens is 1. The van der Waals surface area contributed by atoms with Crippen LogP contribution in [0.3, 0.4) is 0 Å². The van der Waals surface area contributed by atoms with Crippen molar-refractivity contribution in [3.63, 3.8) is 0 Å². The zero-order valence-corrected chi connectivity index (χ0v) is 12.6. The van der Waals surface area contributed by atoms with Crippen LogP contribution in [0, 0.1) is 5.82 Å². The smallest absolute Gasteiger partial charge is 0.184 e. The molecule has 22 heavy (non-hydrogen) atoms. The second-order valence-electron chi connectivity index (χ2n) is 5.08. The molecule has 0 saturated carbocycles. The molecule has 1 aliphatic heterocycles. The molecule has 0 fully saturated rings. The lowest BCUT2D eigenvalue weighted by atomic mass is 10.1. The zero-order chi connectivity index (χ0) is 15.5. The van der Waals surface area contributed by atoms with Gasteiger partial charge in [-0.3, -0.25) is 0 Å². The van der Waals surface area contributed by atoms with Crippen LogP contribution in [0.25, 0.3) is 0 Å². The molecular formula is C17H18FNO3. The fourth-order valence-corrected chi connectivity index (χ4v) is 2.48. The Morgan fingerprint density at radius 3 is 2.77 bits per heavy atom. The van der Waals surface area contributed by atoms with Crippen LogP contribution < -0.4 is 19.5 Å². The standard InChI is InChI=1S/C17H18FNO3/c1-11(13-7-6-12(20-2)10-14(13)18)19-15-4-3-5-16-17(15)22-9-8-21-16/h3-7,10-11,19H,8-9H2,1-2H3. The Kier molecular flexibility index (Phi) is 4.04. The van der Waals surface area contributed by atoms with Gasteiger partial charge in [-0.25, -0.2) is 4.39 Å². The minimum atomic E-state index is -0.304. The summed E-state index contributed by atoms with van der Waals surface area (Å²) < 4.78 is 30.4. The maximum atomic E-state index is 14.2. The van der Waals surface area contributed by atoms with Crippen LogP contribution in [0.2, 0.25) is 0 Å². The van der Waals surface area contributed by atoms with Gasteiger partial charge in [-0.05, 0) is 25.1 Å². The van der Waals surface area contributed by atoms with Crippen molar-refractivity contribution in [2.45, 2.75) is 13.0 Å². The maximum absolute atomic E-state index is 14.2. The summed E-state index contributed by atoms with van der Waals surface area (Å²) in [5.41, 5.74) is 1.36. The molecule has 116 valence electrons. The highest BCUT2D eigenvalue weighted by Crippen LogP contribution is 2.39. The Morgan fingerprint density at radius 1 is 1.18 bits per heavy atom. The second-order valence-corrected chi connectivity index (χ2v) is 5.08. The van der Waals surface area contributed by atoms with Crippen molar-refractivity contribution in [1.29, 1.82) is 0 Å². The van der Waals surface area contributed by atoms with E-state index in [9.17, 15) is 4.39 Å². The van der Waals surface area contributed by atoms with Gasteiger partial charge >= 0.3 is 0 Å². The number of fused-ring (bicyclic) bond motifs is 1. The molecule has 1 atom stereocenters. The zero-order valence-electron chi connectivity index (χ0n) is 12.6. The molecule has 0 amide bonds. The molecular weight excluding hydrogens is 285 g/mol. The van der Waals surface area contributed by atoms with Gasteiger partial charge < -0.3 is 19.5 Å². The first-order valence-corrected chi connectivity index (χ1v) is 7.17. The van der Waals surface area contributed by atoms with Gasteiger partial charge in [0, 0.05) is 11.6 Å². The van der Waals surface area contributed by atoms with Crippen LogP contribution in [-0.4, -0.2) is 20.3 Å². The summed E-state index contributed by atoms with van der Waals surface area (Å²) >= 11 is 0. The lowest BCUT2D eigenvalue weighted by Crippen LogP contribution is -2.17. The van der Waals surface area contributed by atoms with Gasteiger partial charge in [-0.15, -0.1) is 0 Å². The normalized spacial score (nSPS) is 14.3. The molecule has 0 bridgehead atoms. The van der Waals surface area contributed by atoms with E-state index in [0.29, 0.717) is 36.0 Å². The van der Waals surface area contributed by atoms with Gasteiger partial charge in [0.25, 0.3) is 0 Å². The van der Waals surface area contributed by atoms with Gasteiger partial charge in [0.2, 0.25) is 0 Å². The molecule has 1 N–H and O–H groups in total.